The fourth-order valence-corrected chi connectivity index (χ4v) is 3.70. The smallest absolute Gasteiger partial charge is 0.270 e. The third-order valence-electron chi connectivity index (χ3n) is 5.03. The second-order valence-corrected chi connectivity index (χ2v) is 7.00. The van der Waals surface area contributed by atoms with Gasteiger partial charge in [-0.1, -0.05) is 30.3 Å². The SMILES string of the molecule is O=[N+]([O-])c1cccc(-c2cc(Cc3cnc4ccccc4c3)cc3ccoc23)c1. The van der Waals surface area contributed by atoms with Crippen molar-refractivity contribution in [1.82, 2.24) is 4.98 Å². The van der Waals surface area contributed by atoms with E-state index in [0.717, 1.165) is 44.1 Å². The Morgan fingerprint density at radius 2 is 1.76 bits per heavy atom. The van der Waals surface area contributed by atoms with Crippen LogP contribution in [0.3, 0.4) is 0 Å². The third-order valence-corrected chi connectivity index (χ3v) is 5.03. The standard InChI is InChI=1S/C24H16N2O3/c27-26(28)21-6-3-5-18(14-21)22-13-16(11-20-8-9-29-24(20)22)10-17-12-19-4-1-2-7-23(19)25-15-17/h1-9,11-15H,10H2. The molecule has 0 aliphatic rings. The number of rotatable bonds is 4. The van der Waals surface area contributed by atoms with Crippen LogP contribution in [-0.4, -0.2) is 9.91 Å². The van der Waals surface area contributed by atoms with Crippen molar-refractivity contribution in [2.45, 2.75) is 6.42 Å². The van der Waals surface area contributed by atoms with E-state index < -0.39 is 0 Å². The van der Waals surface area contributed by atoms with Gasteiger partial charge in [-0.2, -0.15) is 0 Å². The molecule has 0 radical (unpaired) electrons. The van der Waals surface area contributed by atoms with E-state index in [4.69, 9.17) is 4.42 Å². The van der Waals surface area contributed by atoms with Crippen LogP contribution < -0.4 is 0 Å². The third kappa shape index (κ3) is 3.23. The van der Waals surface area contributed by atoms with Crippen molar-refractivity contribution in [3.8, 4) is 11.1 Å². The lowest BCUT2D eigenvalue weighted by molar-refractivity contribution is -0.384. The Labute approximate surface area is 166 Å². The summed E-state index contributed by atoms with van der Waals surface area (Å²) < 4.78 is 5.68. The molecule has 5 aromatic rings. The number of hydrogen-bond acceptors (Lipinski definition) is 4. The lowest BCUT2D eigenvalue weighted by atomic mass is 9.97. The highest BCUT2D eigenvalue weighted by Crippen LogP contribution is 2.33. The van der Waals surface area contributed by atoms with Crippen molar-refractivity contribution in [1.29, 1.82) is 0 Å². The summed E-state index contributed by atoms with van der Waals surface area (Å²) in [5.41, 5.74) is 5.57. The number of para-hydroxylation sites is 1. The van der Waals surface area contributed by atoms with Gasteiger partial charge in [0.2, 0.25) is 0 Å². The number of pyridine rings is 1. The lowest BCUT2D eigenvalue weighted by Crippen LogP contribution is -1.92. The summed E-state index contributed by atoms with van der Waals surface area (Å²) in [5.74, 6) is 0. The normalized spacial score (nSPS) is 11.2. The number of aromatic nitrogens is 1. The molecule has 2 aromatic heterocycles. The van der Waals surface area contributed by atoms with E-state index in [2.05, 4.69) is 23.2 Å². The van der Waals surface area contributed by atoms with E-state index >= 15 is 0 Å². The van der Waals surface area contributed by atoms with Crippen LogP contribution in [0.4, 0.5) is 5.69 Å². The molecule has 0 aliphatic carbocycles. The van der Waals surface area contributed by atoms with Gasteiger partial charge in [-0.05, 0) is 53.4 Å². The monoisotopic (exact) mass is 380 g/mol. The van der Waals surface area contributed by atoms with Crippen molar-refractivity contribution in [2.75, 3.05) is 0 Å². The first kappa shape index (κ1) is 17.1. The minimum absolute atomic E-state index is 0.0614. The maximum atomic E-state index is 11.2. The van der Waals surface area contributed by atoms with E-state index in [0.29, 0.717) is 6.42 Å². The Hall–Kier alpha value is -3.99. The number of benzene rings is 3. The number of hydrogen-bond donors (Lipinski definition) is 0. The Morgan fingerprint density at radius 3 is 2.66 bits per heavy atom. The van der Waals surface area contributed by atoms with Crippen LogP contribution in [0.25, 0.3) is 33.0 Å². The maximum Gasteiger partial charge on any atom is 0.270 e. The summed E-state index contributed by atoms with van der Waals surface area (Å²) in [6.07, 6.45) is 4.25. The van der Waals surface area contributed by atoms with E-state index in [9.17, 15) is 10.1 Å². The number of non-ortho nitro benzene ring substituents is 1. The average molecular weight is 380 g/mol. The van der Waals surface area contributed by atoms with Crippen LogP contribution in [0.5, 0.6) is 0 Å². The zero-order valence-electron chi connectivity index (χ0n) is 15.4. The van der Waals surface area contributed by atoms with Crippen LogP contribution >= 0.6 is 0 Å². The molecule has 0 amide bonds. The van der Waals surface area contributed by atoms with Crippen LogP contribution in [0.2, 0.25) is 0 Å². The number of nitrogens with zero attached hydrogens (tertiary/aromatic N) is 2. The minimum Gasteiger partial charge on any atom is -0.464 e. The van der Waals surface area contributed by atoms with E-state index in [1.54, 1.807) is 18.4 Å². The Morgan fingerprint density at radius 1 is 0.897 bits per heavy atom. The molecule has 5 nitrogen and oxygen atoms in total. The molecule has 0 saturated heterocycles. The molecule has 0 bridgehead atoms. The lowest BCUT2D eigenvalue weighted by Gasteiger charge is -2.08. The predicted molar refractivity (Wildman–Crippen MR) is 113 cm³/mol. The summed E-state index contributed by atoms with van der Waals surface area (Å²) in [7, 11) is 0. The molecular weight excluding hydrogens is 364 g/mol. The van der Waals surface area contributed by atoms with Gasteiger partial charge >= 0.3 is 0 Å². The zero-order chi connectivity index (χ0) is 19.8. The highest BCUT2D eigenvalue weighted by atomic mass is 16.6. The Balaban J connectivity index is 1.60. The summed E-state index contributed by atoms with van der Waals surface area (Å²) in [5, 5.41) is 13.3. The molecule has 5 heteroatoms. The van der Waals surface area contributed by atoms with Gasteiger partial charge < -0.3 is 4.42 Å². The number of nitro benzene ring substituents is 1. The molecule has 0 saturated carbocycles. The maximum absolute atomic E-state index is 11.2. The quantitative estimate of drug-likeness (QED) is 0.277. The minimum atomic E-state index is -0.382. The zero-order valence-corrected chi connectivity index (χ0v) is 15.4. The molecule has 0 N–H and O–H groups in total. The van der Waals surface area contributed by atoms with Gasteiger partial charge in [0.15, 0.2) is 0 Å². The van der Waals surface area contributed by atoms with E-state index in [1.807, 2.05) is 42.6 Å². The predicted octanol–water partition coefficient (Wildman–Crippen LogP) is 6.15. The molecule has 2 heterocycles. The summed E-state index contributed by atoms with van der Waals surface area (Å²) in [4.78, 5) is 15.4. The summed E-state index contributed by atoms with van der Waals surface area (Å²) in [6.45, 7) is 0. The fourth-order valence-electron chi connectivity index (χ4n) is 3.70. The molecule has 140 valence electrons. The molecular formula is C24H16N2O3. The molecule has 0 fully saturated rings. The van der Waals surface area contributed by atoms with Gasteiger partial charge in [-0.15, -0.1) is 0 Å². The van der Waals surface area contributed by atoms with Crippen molar-refractivity contribution in [2.24, 2.45) is 0 Å². The number of fused-ring (bicyclic) bond motifs is 2. The molecule has 5 rings (SSSR count). The van der Waals surface area contributed by atoms with Gasteiger partial charge in [0.05, 0.1) is 16.7 Å². The fraction of sp³-hybridized carbons (Fsp3) is 0.0417. The highest BCUT2D eigenvalue weighted by Gasteiger charge is 2.13. The molecule has 3 aromatic carbocycles. The molecule has 0 spiro atoms. The Bertz CT molecular complexity index is 1370. The van der Waals surface area contributed by atoms with Crippen LogP contribution in [0, 0.1) is 10.1 Å². The largest absolute Gasteiger partial charge is 0.464 e. The van der Waals surface area contributed by atoms with Crippen LogP contribution in [-0.2, 0) is 6.42 Å². The van der Waals surface area contributed by atoms with Crippen molar-refractivity contribution in [3.63, 3.8) is 0 Å². The number of nitro groups is 1. The van der Waals surface area contributed by atoms with Crippen LogP contribution in [0.1, 0.15) is 11.1 Å². The molecule has 0 unspecified atom stereocenters. The average Bonchev–Trinajstić information content (AvgIpc) is 3.22. The highest BCUT2D eigenvalue weighted by molar-refractivity contribution is 5.93. The second kappa shape index (κ2) is 6.87. The number of furan rings is 1. The van der Waals surface area contributed by atoms with Gasteiger partial charge in [0, 0.05) is 34.7 Å². The van der Waals surface area contributed by atoms with Gasteiger partial charge in [-0.3, -0.25) is 15.1 Å². The Kier molecular flexibility index (Phi) is 4.06. The van der Waals surface area contributed by atoms with Crippen molar-refractivity contribution < 1.29 is 9.34 Å². The topological polar surface area (TPSA) is 69.2 Å². The van der Waals surface area contributed by atoms with Gasteiger partial charge in [0.1, 0.15) is 5.58 Å². The van der Waals surface area contributed by atoms with Gasteiger partial charge in [0.25, 0.3) is 5.69 Å². The molecule has 29 heavy (non-hydrogen) atoms. The first-order valence-electron chi connectivity index (χ1n) is 9.26. The molecule has 0 aliphatic heterocycles. The summed E-state index contributed by atoms with van der Waals surface area (Å²) in [6, 6.07) is 22.9. The molecule has 0 atom stereocenters. The van der Waals surface area contributed by atoms with Gasteiger partial charge in [-0.25, -0.2) is 0 Å². The first-order chi connectivity index (χ1) is 14.2. The van der Waals surface area contributed by atoms with E-state index in [1.165, 1.54) is 6.07 Å². The van der Waals surface area contributed by atoms with Crippen LogP contribution in [0.15, 0.2) is 89.7 Å². The summed E-state index contributed by atoms with van der Waals surface area (Å²) >= 11 is 0. The second-order valence-electron chi connectivity index (χ2n) is 7.00. The van der Waals surface area contributed by atoms with Crippen molar-refractivity contribution in [3.05, 3.63) is 106 Å². The first-order valence-corrected chi connectivity index (χ1v) is 9.26. The van der Waals surface area contributed by atoms with E-state index in [-0.39, 0.29) is 10.6 Å². The van der Waals surface area contributed by atoms with Crippen molar-refractivity contribution >= 4 is 27.6 Å².